The first-order valence-electron chi connectivity index (χ1n) is 6.89. The molecule has 1 heterocycles. The number of carboxylic acids is 1. The smallest absolute Gasteiger partial charge is 0.323 e. The van der Waals surface area contributed by atoms with Crippen molar-refractivity contribution in [3.8, 4) is 5.75 Å². The van der Waals surface area contributed by atoms with Gasteiger partial charge in [0, 0.05) is 11.6 Å². The van der Waals surface area contributed by atoms with Crippen molar-refractivity contribution >= 4 is 17.6 Å². The normalized spacial score (nSPS) is 23.5. The molecule has 1 aromatic carbocycles. The maximum absolute atomic E-state index is 11.5. The Hall–Kier alpha value is -1.26. The monoisotopic (exact) mass is 297 g/mol. The van der Waals surface area contributed by atoms with E-state index >= 15 is 0 Å². The summed E-state index contributed by atoms with van der Waals surface area (Å²) >= 11 is 5.89. The van der Waals surface area contributed by atoms with Crippen molar-refractivity contribution < 1.29 is 14.6 Å². The van der Waals surface area contributed by atoms with Crippen molar-refractivity contribution in [2.75, 3.05) is 19.7 Å². The lowest BCUT2D eigenvalue weighted by molar-refractivity contribution is -0.153. The molecular formula is C15H20ClNO3. The van der Waals surface area contributed by atoms with Crippen LogP contribution in [-0.2, 0) is 4.79 Å². The predicted molar refractivity (Wildman–Crippen MR) is 78.4 cm³/mol. The molecule has 20 heavy (non-hydrogen) atoms. The van der Waals surface area contributed by atoms with E-state index in [9.17, 15) is 9.90 Å². The number of nitrogens with zero attached hydrogens (tertiary/aromatic N) is 1. The summed E-state index contributed by atoms with van der Waals surface area (Å²) in [7, 11) is 0. The Balaban J connectivity index is 1.90. The number of ether oxygens (including phenoxy) is 1. The van der Waals surface area contributed by atoms with Gasteiger partial charge >= 0.3 is 5.97 Å². The zero-order valence-corrected chi connectivity index (χ0v) is 12.4. The van der Waals surface area contributed by atoms with Crippen LogP contribution in [0.5, 0.6) is 5.75 Å². The molecule has 1 fully saturated rings. The molecule has 5 heteroatoms. The van der Waals surface area contributed by atoms with Crippen LogP contribution < -0.4 is 4.74 Å². The van der Waals surface area contributed by atoms with Crippen molar-refractivity contribution in [3.05, 3.63) is 29.3 Å². The number of rotatable bonds is 5. The zero-order valence-electron chi connectivity index (χ0n) is 11.6. The van der Waals surface area contributed by atoms with Crippen molar-refractivity contribution in [2.24, 2.45) is 0 Å². The number of aliphatic carboxylic acids is 1. The second kappa shape index (κ2) is 6.46. The molecule has 0 saturated carbocycles. The van der Waals surface area contributed by atoms with Gasteiger partial charge in [0.05, 0.1) is 0 Å². The van der Waals surface area contributed by atoms with E-state index in [1.54, 1.807) is 19.1 Å². The molecule has 4 nitrogen and oxygen atoms in total. The summed E-state index contributed by atoms with van der Waals surface area (Å²) in [6, 6.07) is 7.23. The van der Waals surface area contributed by atoms with E-state index in [0.29, 0.717) is 30.3 Å². The fraction of sp³-hybridized carbons (Fsp3) is 0.533. The fourth-order valence-electron chi connectivity index (χ4n) is 2.61. The second-order valence-electron chi connectivity index (χ2n) is 5.33. The van der Waals surface area contributed by atoms with E-state index in [-0.39, 0.29) is 0 Å². The molecule has 1 aliphatic rings. The summed E-state index contributed by atoms with van der Waals surface area (Å²) in [5, 5.41) is 10.1. The number of benzene rings is 1. The van der Waals surface area contributed by atoms with Gasteiger partial charge in [-0.1, -0.05) is 17.7 Å². The first-order chi connectivity index (χ1) is 9.52. The summed E-state index contributed by atoms with van der Waals surface area (Å²) in [6.07, 6.45) is 2.70. The summed E-state index contributed by atoms with van der Waals surface area (Å²) in [5.74, 6) is -0.0357. The summed E-state index contributed by atoms with van der Waals surface area (Å²) in [4.78, 5) is 13.5. The van der Waals surface area contributed by atoms with Crippen molar-refractivity contribution in [2.45, 2.75) is 31.7 Å². The zero-order chi connectivity index (χ0) is 14.6. The average Bonchev–Trinajstić information content (AvgIpc) is 2.41. The van der Waals surface area contributed by atoms with Crippen LogP contribution in [0.2, 0.25) is 5.02 Å². The molecule has 1 aromatic rings. The Morgan fingerprint density at radius 2 is 2.30 bits per heavy atom. The third-order valence-corrected chi connectivity index (χ3v) is 4.16. The number of halogens is 1. The van der Waals surface area contributed by atoms with Gasteiger partial charge in [0.15, 0.2) is 0 Å². The lowest BCUT2D eigenvalue weighted by Gasteiger charge is -2.41. The second-order valence-corrected chi connectivity index (χ2v) is 5.77. The summed E-state index contributed by atoms with van der Waals surface area (Å²) in [6.45, 7) is 3.67. The van der Waals surface area contributed by atoms with Crippen molar-refractivity contribution in [1.82, 2.24) is 4.90 Å². The topological polar surface area (TPSA) is 49.8 Å². The van der Waals surface area contributed by atoms with Crippen LogP contribution in [0.15, 0.2) is 24.3 Å². The molecule has 1 aliphatic heterocycles. The Morgan fingerprint density at radius 3 is 3.00 bits per heavy atom. The minimum atomic E-state index is -0.768. The molecule has 1 unspecified atom stereocenters. The van der Waals surface area contributed by atoms with E-state index in [1.165, 1.54) is 0 Å². The maximum atomic E-state index is 11.5. The molecule has 0 radical (unpaired) electrons. The maximum Gasteiger partial charge on any atom is 0.323 e. The third kappa shape index (κ3) is 3.44. The highest BCUT2D eigenvalue weighted by molar-refractivity contribution is 6.30. The fourth-order valence-corrected chi connectivity index (χ4v) is 2.79. The van der Waals surface area contributed by atoms with Crippen LogP contribution >= 0.6 is 11.6 Å². The predicted octanol–water partition coefficient (Wildman–Crippen LogP) is 3.05. The Kier molecular flexibility index (Phi) is 4.89. The Bertz CT molecular complexity index is 480. The number of hydrogen-bond donors (Lipinski definition) is 1. The van der Waals surface area contributed by atoms with Gasteiger partial charge in [-0.3, -0.25) is 9.69 Å². The third-order valence-electron chi connectivity index (χ3n) is 3.93. The van der Waals surface area contributed by atoms with Crippen molar-refractivity contribution in [3.63, 3.8) is 0 Å². The highest BCUT2D eigenvalue weighted by Crippen LogP contribution is 2.28. The summed E-state index contributed by atoms with van der Waals surface area (Å²) < 4.78 is 5.64. The van der Waals surface area contributed by atoms with Gasteiger partial charge in [0.25, 0.3) is 0 Å². The van der Waals surface area contributed by atoms with Crippen LogP contribution in [-0.4, -0.2) is 41.2 Å². The van der Waals surface area contributed by atoms with Crippen LogP contribution in [0.1, 0.15) is 26.2 Å². The van der Waals surface area contributed by atoms with Gasteiger partial charge in [-0.2, -0.15) is 0 Å². The Labute approximate surface area is 124 Å². The Morgan fingerprint density at radius 1 is 1.50 bits per heavy atom. The number of carbonyl (C=O) groups is 1. The van der Waals surface area contributed by atoms with E-state index in [2.05, 4.69) is 0 Å². The molecular weight excluding hydrogens is 278 g/mol. The quantitative estimate of drug-likeness (QED) is 0.907. The number of likely N-dealkylation sites (tertiary alicyclic amines) is 1. The highest BCUT2D eigenvalue weighted by atomic mass is 35.5. The number of piperidine rings is 1. The first-order valence-corrected chi connectivity index (χ1v) is 7.27. The lowest BCUT2D eigenvalue weighted by Crippen LogP contribution is -2.56. The lowest BCUT2D eigenvalue weighted by atomic mass is 9.88. The molecule has 1 saturated heterocycles. The van der Waals surface area contributed by atoms with E-state index in [4.69, 9.17) is 16.3 Å². The molecule has 0 aromatic heterocycles. The molecule has 0 amide bonds. The molecule has 110 valence electrons. The van der Waals surface area contributed by atoms with E-state index < -0.39 is 11.5 Å². The minimum Gasteiger partial charge on any atom is -0.492 e. The van der Waals surface area contributed by atoms with Crippen molar-refractivity contribution in [1.29, 1.82) is 0 Å². The average molecular weight is 298 g/mol. The van der Waals surface area contributed by atoms with Crippen LogP contribution in [0.25, 0.3) is 0 Å². The van der Waals surface area contributed by atoms with Gasteiger partial charge in [0.2, 0.25) is 0 Å². The van der Waals surface area contributed by atoms with Gasteiger partial charge < -0.3 is 9.84 Å². The molecule has 2 rings (SSSR count). The van der Waals surface area contributed by atoms with Gasteiger partial charge in [-0.25, -0.2) is 0 Å². The minimum absolute atomic E-state index is 0.462. The highest BCUT2D eigenvalue weighted by Gasteiger charge is 2.40. The number of carboxylic acid groups (broad SMARTS) is 1. The van der Waals surface area contributed by atoms with Gasteiger partial charge in [-0.15, -0.1) is 0 Å². The number of hydrogen-bond acceptors (Lipinski definition) is 3. The molecule has 0 bridgehead atoms. The standard InChI is InChI=1S/C15H20ClNO3/c1-15(14(18)19)7-2-3-8-17(15)9-10-20-13-6-4-5-12(16)11-13/h4-6,11H,2-3,7-10H2,1H3,(H,18,19). The SMILES string of the molecule is CC1(C(=O)O)CCCCN1CCOc1cccc(Cl)c1. The molecule has 1 N–H and O–H groups in total. The van der Waals surface area contributed by atoms with Crippen LogP contribution in [0.4, 0.5) is 0 Å². The van der Waals surface area contributed by atoms with Crippen LogP contribution in [0, 0.1) is 0 Å². The molecule has 0 spiro atoms. The van der Waals surface area contributed by atoms with E-state index in [1.807, 2.05) is 17.0 Å². The van der Waals surface area contributed by atoms with Gasteiger partial charge in [0.1, 0.15) is 17.9 Å². The molecule has 0 aliphatic carbocycles. The molecule has 1 atom stereocenters. The first kappa shape index (κ1) is 15.1. The van der Waals surface area contributed by atoms with Gasteiger partial charge in [-0.05, 0) is 50.9 Å². The van der Waals surface area contributed by atoms with E-state index in [0.717, 1.165) is 19.4 Å². The summed E-state index contributed by atoms with van der Waals surface area (Å²) in [5.41, 5.74) is -0.768. The largest absolute Gasteiger partial charge is 0.492 e. The van der Waals surface area contributed by atoms with Crippen LogP contribution in [0.3, 0.4) is 0 Å².